The Bertz CT molecular complexity index is 131. The minimum absolute atomic E-state index is 0.368. The molecule has 0 spiro atoms. The second-order valence-corrected chi connectivity index (χ2v) is 3.39. The Morgan fingerprint density at radius 1 is 1.20 bits per heavy atom. The number of fused-ring (bicyclic) bond motifs is 2. The smallest absolute Gasteiger partial charge is 0.141 e. The number of Topliss-reactive ketones (excluding diaryl/α,β-unsaturated/α-hetero) is 1. The third kappa shape index (κ3) is 0.870. The first-order valence-corrected chi connectivity index (χ1v) is 4.12. The fourth-order valence-electron chi connectivity index (χ4n) is 2.07. The zero-order chi connectivity index (χ0) is 6.97. The molecule has 56 valence electrons. The molecule has 2 aliphatic rings. The number of carbonyl (C=O) groups excluding carboxylic acids is 1. The zero-order valence-corrected chi connectivity index (χ0v) is 6.10. The Balaban J connectivity index is 2.12. The zero-order valence-electron chi connectivity index (χ0n) is 6.10. The molecule has 2 heteroatoms. The van der Waals surface area contributed by atoms with Crippen molar-refractivity contribution in [1.82, 2.24) is 5.32 Å². The van der Waals surface area contributed by atoms with Gasteiger partial charge >= 0.3 is 0 Å². The van der Waals surface area contributed by atoms with Crippen LogP contribution >= 0.6 is 0 Å². The van der Waals surface area contributed by atoms with Crippen LogP contribution in [0.25, 0.3) is 0 Å². The summed E-state index contributed by atoms with van der Waals surface area (Å²) < 4.78 is 0. The molecule has 2 bridgehead atoms. The van der Waals surface area contributed by atoms with Gasteiger partial charge in [-0.25, -0.2) is 0 Å². The number of hydrogen-bond donors (Lipinski definition) is 1. The van der Waals surface area contributed by atoms with Crippen LogP contribution in [0.1, 0.15) is 19.3 Å². The standard InChI is InChI=1S/C8H13NO/c10-8-6-2-1-3-7(8)5-9-4-6/h6-7,9H,1-5H2/t6-,7?/m0/s1. The van der Waals surface area contributed by atoms with Crippen LogP contribution in [0.2, 0.25) is 0 Å². The number of carbonyl (C=O) groups is 1. The topological polar surface area (TPSA) is 29.1 Å². The molecule has 1 aliphatic heterocycles. The first-order chi connectivity index (χ1) is 4.88. The number of piperidine rings is 1. The molecular formula is C8H13NO. The van der Waals surface area contributed by atoms with Crippen LogP contribution in [0.4, 0.5) is 0 Å². The highest BCUT2D eigenvalue weighted by molar-refractivity contribution is 5.85. The maximum absolute atomic E-state index is 11.4. The summed E-state index contributed by atoms with van der Waals surface area (Å²) in [5, 5.41) is 3.30. The van der Waals surface area contributed by atoms with Crippen molar-refractivity contribution < 1.29 is 4.79 Å². The largest absolute Gasteiger partial charge is 0.315 e. The van der Waals surface area contributed by atoms with E-state index in [0.717, 1.165) is 25.9 Å². The summed E-state index contributed by atoms with van der Waals surface area (Å²) in [6.07, 6.45) is 3.52. The van der Waals surface area contributed by atoms with E-state index in [1.165, 1.54) is 6.42 Å². The van der Waals surface area contributed by atoms with Crippen LogP contribution in [-0.2, 0) is 4.79 Å². The number of rotatable bonds is 0. The van der Waals surface area contributed by atoms with Crippen LogP contribution in [0, 0.1) is 11.8 Å². The first-order valence-electron chi connectivity index (χ1n) is 4.12. The molecule has 2 nitrogen and oxygen atoms in total. The highest BCUT2D eigenvalue weighted by Gasteiger charge is 2.33. The second-order valence-electron chi connectivity index (χ2n) is 3.39. The van der Waals surface area contributed by atoms with Crippen LogP contribution in [-0.4, -0.2) is 18.9 Å². The average molecular weight is 139 g/mol. The van der Waals surface area contributed by atoms with Crippen LogP contribution in [0.5, 0.6) is 0 Å². The monoisotopic (exact) mass is 139 g/mol. The lowest BCUT2D eigenvalue weighted by molar-refractivity contribution is -0.130. The van der Waals surface area contributed by atoms with Gasteiger partial charge in [0.25, 0.3) is 0 Å². The van der Waals surface area contributed by atoms with Gasteiger partial charge in [0.15, 0.2) is 0 Å². The lowest BCUT2D eigenvalue weighted by Gasteiger charge is -2.33. The Morgan fingerprint density at radius 3 is 2.30 bits per heavy atom. The van der Waals surface area contributed by atoms with E-state index in [-0.39, 0.29) is 0 Å². The molecule has 1 heterocycles. The van der Waals surface area contributed by atoms with Gasteiger partial charge in [-0.15, -0.1) is 0 Å². The van der Waals surface area contributed by atoms with Gasteiger partial charge in [-0.3, -0.25) is 4.79 Å². The van der Waals surface area contributed by atoms with Gasteiger partial charge in [-0.1, -0.05) is 6.42 Å². The van der Waals surface area contributed by atoms with Crippen LogP contribution in [0.15, 0.2) is 0 Å². The van der Waals surface area contributed by atoms with Crippen molar-refractivity contribution in [3.8, 4) is 0 Å². The van der Waals surface area contributed by atoms with Gasteiger partial charge in [0.05, 0.1) is 0 Å². The summed E-state index contributed by atoms with van der Waals surface area (Å²) >= 11 is 0. The summed E-state index contributed by atoms with van der Waals surface area (Å²) in [5.41, 5.74) is 0. The maximum atomic E-state index is 11.4. The molecular weight excluding hydrogens is 126 g/mol. The van der Waals surface area contributed by atoms with Crippen molar-refractivity contribution in [2.75, 3.05) is 13.1 Å². The fourth-order valence-corrected chi connectivity index (χ4v) is 2.07. The minimum Gasteiger partial charge on any atom is -0.315 e. The Kier molecular flexibility index (Phi) is 1.49. The summed E-state index contributed by atoms with van der Waals surface area (Å²) in [7, 11) is 0. The fraction of sp³-hybridized carbons (Fsp3) is 0.875. The van der Waals surface area contributed by atoms with Gasteiger partial charge in [0.2, 0.25) is 0 Å². The predicted octanol–water partition coefficient (Wildman–Crippen LogP) is 0.575. The third-order valence-corrected chi connectivity index (χ3v) is 2.69. The van der Waals surface area contributed by atoms with Gasteiger partial charge in [-0.05, 0) is 12.8 Å². The molecule has 10 heavy (non-hydrogen) atoms. The van der Waals surface area contributed by atoms with Crippen molar-refractivity contribution >= 4 is 5.78 Å². The number of nitrogens with one attached hydrogen (secondary N) is 1. The number of ketones is 1. The van der Waals surface area contributed by atoms with Gasteiger partial charge in [0.1, 0.15) is 5.78 Å². The number of hydrogen-bond acceptors (Lipinski definition) is 2. The van der Waals surface area contributed by atoms with E-state index in [1.807, 2.05) is 0 Å². The Hall–Kier alpha value is -0.370. The molecule has 1 saturated heterocycles. The van der Waals surface area contributed by atoms with Crippen molar-refractivity contribution in [1.29, 1.82) is 0 Å². The molecule has 0 aromatic carbocycles. The van der Waals surface area contributed by atoms with Crippen LogP contribution in [0.3, 0.4) is 0 Å². The lowest BCUT2D eigenvalue weighted by Crippen LogP contribution is -2.46. The first kappa shape index (κ1) is 6.35. The molecule has 1 aliphatic carbocycles. The van der Waals surface area contributed by atoms with E-state index in [0.29, 0.717) is 17.6 Å². The molecule has 0 amide bonds. The molecule has 2 atom stereocenters. The summed E-state index contributed by atoms with van der Waals surface area (Å²) in [5.74, 6) is 1.27. The molecule has 0 radical (unpaired) electrons. The maximum Gasteiger partial charge on any atom is 0.141 e. The third-order valence-electron chi connectivity index (χ3n) is 2.69. The van der Waals surface area contributed by atoms with E-state index in [4.69, 9.17) is 0 Å². The molecule has 2 rings (SSSR count). The van der Waals surface area contributed by atoms with E-state index in [1.54, 1.807) is 0 Å². The van der Waals surface area contributed by atoms with Crippen molar-refractivity contribution in [3.63, 3.8) is 0 Å². The predicted molar refractivity (Wildman–Crippen MR) is 38.7 cm³/mol. The Morgan fingerprint density at radius 2 is 1.80 bits per heavy atom. The second kappa shape index (κ2) is 2.35. The molecule has 2 fully saturated rings. The normalized spacial score (nSPS) is 39.8. The van der Waals surface area contributed by atoms with E-state index < -0.39 is 0 Å². The van der Waals surface area contributed by atoms with Crippen LogP contribution < -0.4 is 5.32 Å². The van der Waals surface area contributed by atoms with E-state index in [2.05, 4.69) is 5.32 Å². The summed E-state index contributed by atoms with van der Waals surface area (Å²) in [6, 6.07) is 0. The quantitative estimate of drug-likeness (QED) is 0.531. The van der Waals surface area contributed by atoms with Gasteiger partial charge < -0.3 is 5.32 Å². The minimum atomic E-state index is 0.368. The SMILES string of the molecule is O=C1C2CCC[C@H]1CNC2. The van der Waals surface area contributed by atoms with Gasteiger partial charge in [0, 0.05) is 24.9 Å². The molecule has 1 saturated carbocycles. The van der Waals surface area contributed by atoms with Crippen molar-refractivity contribution in [2.45, 2.75) is 19.3 Å². The summed E-state index contributed by atoms with van der Waals surface area (Å²) in [4.78, 5) is 11.4. The highest BCUT2D eigenvalue weighted by atomic mass is 16.1. The lowest BCUT2D eigenvalue weighted by atomic mass is 9.77. The van der Waals surface area contributed by atoms with E-state index in [9.17, 15) is 4.79 Å². The van der Waals surface area contributed by atoms with Crippen molar-refractivity contribution in [3.05, 3.63) is 0 Å². The summed E-state index contributed by atoms with van der Waals surface area (Å²) in [6.45, 7) is 1.88. The molecule has 0 aromatic heterocycles. The van der Waals surface area contributed by atoms with E-state index >= 15 is 0 Å². The molecule has 0 aromatic rings. The van der Waals surface area contributed by atoms with Gasteiger partial charge in [-0.2, -0.15) is 0 Å². The molecule has 1 unspecified atom stereocenters. The molecule has 1 N–H and O–H groups in total. The average Bonchev–Trinajstić information content (AvgIpc) is 1.86. The Labute approximate surface area is 61.0 Å². The highest BCUT2D eigenvalue weighted by Crippen LogP contribution is 2.27. The van der Waals surface area contributed by atoms with Crippen molar-refractivity contribution in [2.24, 2.45) is 11.8 Å².